The molecule has 0 saturated heterocycles. The van der Waals surface area contributed by atoms with Gasteiger partial charge in [-0.05, 0) is 24.5 Å². The Kier molecular flexibility index (Phi) is 9.09. The summed E-state index contributed by atoms with van der Waals surface area (Å²) in [5.74, 6) is 2.34. The van der Waals surface area contributed by atoms with E-state index in [4.69, 9.17) is 0 Å². The fraction of sp³-hybridized carbons (Fsp3) is 0.438. The van der Waals surface area contributed by atoms with Crippen LogP contribution in [-0.4, -0.2) is 22.3 Å². The molecule has 2 atom stereocenters. The summed E-state index contributed by atoms with van der Waals surface area (Å²) in [6.07, 6.45) is 7.56. The Labute approximate surface area is 146 Å². The Bertz CT molecular complexity index is 644. The van der Waals surface area contributed by atoms with E-state index in [1.165, 1.54) is 11.3 Å². The number of hydrogen-bond donors (Lipinski definition) is 1. The van der Waals surface area contributed by atoms with Gasteiger partial charge in [0.05, 0.1) is 0 Å². The molecule has 123 valence electrons. The van der Waals surface area contributed by atoms with Crippen molar-refractivity contribution in [3.05, 3.63) is 42.2 Å². The van der Waals surface area contributed by atoms with Crippen molar-refractivity contribution in [2.75, 3.05) is 7.05 Å². The van der Waals surface area contributed by atoms with Crippen LogP contribution < -0.4 is 10.8 Å². The van der Waals surface area contributed by atoms with E-state index in [1.807, 2.05) is 49.3 Å². The minimum Gasteiger partial charge on any atom is -0.394 e. The van der Waals surface area contributed by atoms with Gasteiger partial charge < -0.3 is 5.32 Å². The average Bonchev–Trinajstić information content (AvgIpc) is 3.26. The summed E-state index contributed by atoms with van der Waals surface area (Å²) < 4.78 is 1.87. The minimum absolute atomic E-state index is 0.515. The Hall–Kier alpha value is -1.79. The second kappa shape index (κ2) is 10.9. The number of azo groups is 1. The number of nitrogens with one attached hydrogen (secondary N) is 1. The van der Waals surface area contributed by atoms with Crippen molar-refractivity contribution < 1.29 is 17.0 Å². The third-order valence-electron chi connectivity index (χ3n) is 3.26. The van der Waals surface area contributed by atoms with E-state index >= 15 is 0 Å². The van der Waals surface area contributed by atoms with Gasteiger partial charge in [0.1, 0.15) is 0 Å². The number of rotatable bonds is 4. The van der Waals surface area contributed by atoms with Crippen LogP contribution in [-0.2, 0) is 24.0 Å². The largest absolute Gasteiger partial charge is 0.394 e. The molecule has 1 N–H and O–H groups in total. The molecular weight excluding hydrogens is 327 g/mol. The van der Waals surface area contributed by atoms with Gasteiger partial charge in [-0.1, -0.05) is 13.0 Å². The third-order valence-corrected chi connectivity index (χ3v) is 3.42. The zero-order valence-corrected chi connectivity index (χ0v) is 15.5. The second-order valence-corrected chi connectivity index (χ2v) is 5.63. The maximum absolute atomic E-state index is 4.04. The number of aromatic nitrogens is 1. The van der Waals surface area contributed by atoms with Crippen molar-refractivity contribution in [2.45, 2.75) is 20.3 Å². The van der Waals surface area contributed by atoms with Gasteiger partial charge in [0.2, 0.25) is 0 Å². The average molecular weight is 351 g/mol. The molecule has 0 radical (unpaired) electrons. The smallest absolute Gasteiger partial charge is 0.00276 e. The molecule has 1 heterocycles. The Morgan fingerprint density at radius 2 is 2.17 bits per heavy atom. The normalized spacial score (nSPS) is 21.2. The van der Waals surface area contributed by atoms with Gasteiger partial charge in [0, 0.05) is 7.05 Å². The second-order valence-electron chi connectivity index (χ2n) is 5.27. The summed E-state index contributed by atoms with van der Waals surface area (Å²) in [4.78, 5) is 1.54. The van der Waals surface area contributed by atoms with E-state index in [9.17, 15) is 0 Å². The number of hydrogen-bond acceptors (Lipinski definition) is 4. The monoisotopic (exact) mass is 351 g/mol. The first-order valence-corrected chi connectivity index (χ1v) is 8.29. The van der Waals surface area contributed by atoms with Gasteiger partial charge in [-0.2, -0.15) is 0 Å². The van der Waals surface area contributed by atoms with Gasteiger partial charge in [-0.3, -0.25) is 0 Å². The summed E-state index contributed by atoms with van der Waals surface area (Å²) in [7, 11) is 3.84. The molecule has 1 aliphatic carbocycles. The molecule has 1 fully saturated rings. The van der Waals surface area contributed by atoms with E-state index in [0.717, 1.165) is 17.3 Å². The topological polar surface area (TPSA) is 66.4 Å². The zero-order chi connectivity index (χ0) is 17.1. The molecule has 0 spiro atoms. The molecular formula is C16H24N6V. The number of nitrogens with zero attached hydrogens (tertiary/aromatic N) is 5. The van der Waals surface area contributed by atoms with Crippen LogP contribution in [0.4, 0.5) is 0 Å². The van der Waals surface area contributed by atoms with Gasteiger partial charge in [0.15, 0.2) is 0 Å². The number of allylic oxidation sites excluding steroid dienone is 1. The maximum Gasteiger partial charge on any atom is 0.00276 e. The molecule has 2 rings (SSSR count). The van der Waals surface area contributed by atoms with Crippen LogP contribution in [0, 0.1) is 11.8 Å². The molecule has 0 aliphatic heterocycles. The quantitative estimate of drug-likeness (QED) is 0.385. The van der Waals surface area contributed by atoms with Crippen LogP contribution in [0.3, 0.4) is 0 Å². The first-order chi connectivity index (χ1) is 11.1. The van der Waals surface area contributed by atoms with E-state index in [-0.39, 0.29) is 0 Å². The van der Waals surface area contributed by atoms with Gasteiger partial charge >= 0.3 is 96.5 Å². The van der Waals surface area contributed by atoms with Crippen molar-refractivity contribution >= 4 is 10.7 Å². The summed E-state index contributed by atoms with van der Waals surface area (Å²) in [6.45, 7) is 4.02. The molecule has 1 aliphatic rings. The maximum atomic E-state index is 4.04. The Morgan fingerprint density at radius 1 is 1.43 bits per heavy atom. The molecule has 1 aromatic heterocycles. The Morgan fingerprint density at radius 3 is 2.74 bits per heavy atom. The van der Waals surface area contributed by atoms with Crippen LogP contribution in [0.15, 0.2) is 57.1 Å². The first kappa shape index (κ1) is 19.3. The van der Waals surface area contributed by atoms with E-state index in [1.54, 1.807) is 6.92 Å². The molecule has 2 unspecified atom stereocenters. The molecule has 1 saturated carbocycles. The molecule has 1 aromatic rings. The van der Waals surface area contributed by atoms with Crippen LogP contribution in [0.25, 0.3) is 0 Å². The molecule has 0 amide bonds. The predicted molar refractivity (Wildman–Crippen MR) is 90.5 cm³/mol. The number of pyridine rings is 1. The van der Waals surface area contributed by atoms with Crippen molar-refractivity contribution in [2.24, 2.45) is 39.3 Å². The fourth-order valence-electron chi connectivity index (χ4n) is 1.71. The van der Waals surface area contributed by atoms with Crippen molar-refractivity contribution in [3.8, 4) is 0 Å². The van der Waals surface area contributed by atoms with Crippen LogP contribution in [0.2, 0.25) is 0 Å². The van der Waals surface area contributed by atoms with Crippen molar-refractivity contribution in [1.29, 1.82) is 0 Å². The standard InChI is InChI=1S/C9H11N5.C7H13N.V/c1-8(11-10-2)12-13-9-6-4-5-7-14(9)3;1-6-5-7(6)3-4-8-2;/h2,4-7H,1,3H3;3-4,6-8H,5H2,1-2H3;/b11-10?,12-8+,13-9+;4-3-;. The SMILES string of the molecule is C/C(N=N[CH]=[V])=N\N=c1/ccccn1C.CN/C=C\C1CC1C. The molecule has 7 heteroatoms. The van der Waals surface area contributed by atoms with Gasteiger partial charge in [-0.25, -0.2) is 0 Å². The molecule has 0 aromatic carbocycles. The molecule has 6 nitrogen and oxygen atoms in total. The minimum atomic E-state index is 0.515. The molecule has 0 bridgehead atoms. The van der Waals surface area contributed by atoms with E-state index in [0.29, 0.717) is 5.84 Å². The third kappa shape index (κ3) is 8.42. The Balaban J connectivity index is 0.000000277. The number of aryl methyl sites for hydroxylation is 1. The van der Waals surface area contributed by atoms with E-state index < -0.39 is 0 Å². The summed E-state index contributed by atoms with van der Waals surface area (Å²) in [5.41, 5.74) is 0.767. The van der Waals surface area contributed by atoms with Crippen molar-refractivity contribution in [1.82, 2.24) is 9.88 Å². The predicted octanol–water partition coefficient (Wildman–Crippen LogP) is 2.39. The van der Waals surface area contributed by atoms with Crippen molar-refractivity contribution in [3.63, 3.8) is 0 Å². The van der Waals surface area contributed by atoms with Crippen LogP contribution in [0.5, 0.6) is 0 Å². The van der Waals surface area contributed by atoms with Crippen LogP contribution in [0.1, 0.15) is 20.3 Å². The van der Waals surface area contributed by atoms with Crippen LogP contribution >= 0.6 is 0 Å². The summed E-state index contributed by atoms with van der Waals surface area (Å²) in [6, 6.07) is 5.71. The summed E-state index contributed by atoms with van der Waals surface area (Å²) in [5, 5.41) is 18.4. The zero-order valence-electron chi connectivity index (χ0n) is 14.1. The summed E-state index contributed by atoms with van der Waals surface area (Å²) >= 11 is 2.20. The molecule has 23 heavy (non-hydrogen) atoms. The van der Waals surface area contributed by atoms with E-state index in [2.05, 4.69) is 55.7 Å². The van der Waals surface area contributed by atoms with Gasteiger partial charge in [-0.15, -0.1) is 0 Å². The van der Waals surface area contributed by atoms with Gasteiger partial charge in [0.25, 0.3) is 0 Å². The number of amidine groups is 1. The first-order valence-electron chi connectivity index (χ1n) is 7.49. The fourth-order valence-corrected chi connectivity index (χ4v) is 1.79.